The number of methoxy groups -OCH3 is 1. The van der Waals surface area contributed by atoms with Gasteiger partial charge < -0.3 is 18.9 Å². The molecule has 0 amide bonds. The average molecular weight is 571 g/mol. The minimum Gasteiger partial charge on any atom is -0.491 e. The second-order valence-corrected chi connectivity index (χ2v) is 10.4. The van der Waals surface area contributed by atoms with Crippen molar-refractivity contribution in [3.8, 4) is 17.2 Å². The molecule has 0 fully saturated rings. The molecule has 0 N–H and O–H groups in total. The summed E-state index contributed by atoms with van der Waals surface area (Å²) >= 11 is 7.67. The fraction of sp³-hybridized carbons (Fsp3) is 0.345. The summed E-state index contributed by atoms with van der Waals surface area (Å²) in [7, 11) is 1.52. The zero-order chi connectivity index (χ0) is 28.3. The van der Waals surface area contributed by atoms with Crippen LogP contribution in [-0.4, -0.2) is 37.0 Å². The summed E-state index contributed by atoms with van der Waals surface area (Å²) in [5.41, 5.74) is 1.80. The molecule has 0 aliphatic carbocycles. The smallest absolute Gasteiger partial charge is 0.338 e. The lowest BCUT2D eigenvalue weighted by molar-refractivity contribution is -0.139. The number of carbonyl (C=O) groups is 1. The molecule has 1 aliphatic heterocycles. The number of thiazole rings is 1. The molecule has 2 heterocycles. The van der Waals surface area contributed by atoms with Gasteiger partial charge in [-0.2, -0.15) is 0 Å². The lowest BCUT2D eigenvalue weighted by Crippen LogP contribution is -2.40. The van der Waals surface area contributed by atoms with E-state index in [-0.39, 0.29) is 18.3 Å². The van der Waals surface area contributed by atoms with E-state index < -0.39 is 12.0 Å². The predicted octanol–water partition coefficient (Wildman–Crippen LogP) is 4.65. The van der Waals surface area contributed by atoms with Gasteiger partial charge in [0, 0.05) is 5.56 Å². The van der Waals surface area contributed by atoms with Gasteiger partial charge in [-0.25, -0.2) is 9.79 Å². The first-order chi connectivity index (χ1) is 18.7. The van der Waals surface area contributed by atoms with Gasteiger partial charge in [-0.1, -0.05) is 41.1 Å². The molecule has 3 aromatic rings. The molecule has 1 atom stereocenters. The fourth-order valence-corrected chi connectivity index (χ4v) is 5.78. The van der Waals surface area contributed by atoms with Crippen LogP contribution in [0.25, 0.3) is 6.08 Å². The van der Waals surface area contributed by atoms with Crippen molar-refractivity contribution in [2.45, 2.75) is 46.8 Å². The summed E-state index contributed by atoms with van der Waals surface area (Å²) in [6, 6.07) is 10.1. The Balaban J connectivity index is 1.96. The minimum absolute atomic E-state index is 0.113. The van der Waals surface area contributed by atoms with Gasteiger partial charge in [0.25, 0.3) is 5.56 Å². The third kappa shape index (κ3) is 5.74. The van der Waals surface area contributed by atoms with Crippen LogP contribution in [0.15, 0.2) is 57.5 Å². The number of fused-ring (bicyclic) bond motifs is 1. The van der Waals surface area contributed by atoms with Gasteiger partial charge in [0.15, 0.2) is 16.3 Å². The number of nitrogens with zero attached hydrogens (tertiary/aromatic N) is 2. The third-order valence-electron chi connectivity index (χ3n) is 5.93. The van der Waals surface area contributed by atoms with Gasteiger partial charge in [-0.3, -0.25) is 9.36 Å². The Labute approximate surface area is 235 Å². The van der Waals surface area contributed by atoms with E-state index in [0.717, 1.165) is 0 Å². The molecule has 0 unspecified atom stereocenters. The van der Waals surface area contributed by atoms with Crippen LogP contribution in [0.4, 0.5) is 0 Å². The Bertz CT molecular complexity index is 1600. The Morgan fingerprint density at radius 2 is 1.92 bits per heavy atom. The van der Waals surface area contributed by atoms with Crippen LogP contribution in [0.5, 0.6) is 17.2 Å². The van der Waals surface area contributed by atoms with Crippen LogP contribution in [0.1, 0.15) is 51.8 Å². The van der Waals surface area contributed by atoms with E-state index in [0.29, 0.717) is 60.6 Å². The van der Waals surface area contributed by atoms with E-state index in [1.807, 2.05) is 45.0 Å². The highest BCUT2D eigenvalue weighted by molar-refractivity contribution is 7.07. The molecule has 0 saturated carbocycles. The maximum Gasteiger partial charge on any atom is 0.338 e. The van der Waals surface area contributed by atoms with Gasteiger partial charge in [0.1, 0.15) is 11.8 Å². The molecular weight excluding hydrogens is 540 g/mol. The first-order valence-corrected chi connectivity index (χ1v) is 13.8. The molecule has 0 radical (unpaired) electrons. The minimum atomic E-state index is -0.782. The quantitative estimate of drug-likeness (QED) is 0.348. The summed E-state index contributed by atoms with van der Waals surface area (Å²) < 4.78 is 24.5. The summed E-state index contributed by atoms with van der Waals surface area (Å²) in [6.45, 7) is 9.81. The lowest BCUT2D eigenvalue weighted by Gasteiger charge is -2.26. The topological polar surface area (TPSA) is 88.4 Å². The van der Waals surface area contributed by atoms with E-state index in [2.05, 4.69) is 4.99 Å². The van der Waals surface area contributed by atoms with Crippen molar-refractivity contribution < 1.29 is 23.7 Å². The number of aromatic nitrogens is 1. The predicted molar refractivity (Wildman–Crippen MR) is 152 cm³/mol. The first kappa shape index (κ1) is 28.4. The Hall–Kier alpha value is -3.56. The SMILES string of the molecule is CCOC(=O)C1=C(C)N=c2s/c(=C/c3cc(Cl)c(OC)c(OCC)c3)c(=O)n2[C@H]1c1ccccc1OC(C)C. The number of halogens is 1. The summed E-state index contributed by atoms with van der Waals surface area (Å²) in [4.78, 5) is 32.3. The standard InChI is InChI=1S/C29H31ClN2O6S/c1-7-36-22-14-18(13-20(30)26(22)35-6)15-23-27(33)32-25(19-11-9-10-12-21(19)38-16(3)4)24(28(34)37-8-2)17(5)31-29(32)39-23/h9-16,25H,7-8H2,1-6H3/b23-15+/t25-/m0/s1. The second kappa shape index (κ2) is 12.1. The maximum absolute atomic E-state index is 14.0. The largest absolute Gasteiger partial charge is 0.491 e. The molecule has 1 aliphatic rings. The van der Waals surface area contributed by atoms with E-state index in [1.54, 1.807) is 32.1 Å². The van der Waals surface area contributed by atoms with Crippen molar-refractivity contribution in [3.63, 3.8) is 0 Å². The van der Waals surface area contributed by atoms with Crippen molar-refractivity contribution in [2.75, 3.05) is 20.3 Å². The lowest BCUT2D eigenvalue weighted by atomic mass is 9.95. The second-order valence-electron chi connectivity index (χ2n) is 8.97. The van der Waals surface area contributed by atoms with Gasteiger partial charge >= 0.3 is 5.97 Å². The molecule has 0 bridgehead atoms. The fourth-order valence-electron chi connectivity index (χ4n) is 4.44. The number of rotatable bonds is 9. The zero-order valence-corrected chi connectivity index (χ0v) is 24.3. The third-order valence-corrected chi connectivity index (χ3v) is 7.19. The number of hydrogen-bond acceptors (Lipinski definition) is 8. The van der Waals surface area contributed by atoms with Crippen LogP contribution in [0, 0.1) is 0 Å². The molecular formula is C29H31ClN2O6S. The monoisotopic (exact) mass is 570 g/mol. The summed E-state index contributed by atoms with van der Waals surface area (Å²) in [5, 5.41) is 0.362. The molecule has 39 heavy (non-hydrogen) atoms. The highest BCUT2D eigenvalue weighted by Crippen LogP contribution is 2.37. The van der Waals surface area contributed by atoms with Crippen LogP contribution in [0.3, 0.4) is 0 Å². The molecule has 8 nitrogen and oxygen atoms in total. The van der Waals surface area contributed by atoms with Gasteiger partial charge in [-0.05, 0) is 64.5 Å². The van der Waals surface area contributed by atoms with Crippen LogP contribution in [-0.2, 0) is 9.53 Å². The number of hydrogen-bond donors (Lipinski definition) is 0. The van der Waals surface area contributed by atoms with Gasteiger partial charge in [0.2, 0.25) is 0 Å². The van der Waals surface area contributed by atoms with Crippen LogP contribution < -0.4 is 29.1 Å². The maximum atomic E-state index is 14.0. The first-order valence-electron chi connectivity index (χ1n) is 12.7. The van der Waals surface area contributed by atoms with Crippen molar-refractivity contribution in [1.29, 1.82) is 0 Å². The molecule has 0 saturated heterocycles. The number of benzene rings is 2. The zero-order valence-electron chi connectivity index (χ0n) is 22.7. The Morgan fingerprint density at radius 3 is 2.59 bits per heavy atom. The molecule has 10 heteroatoms. The molecule has 4 rings (SSSR count). The number of allylic oxidation sites excluding steroid dienone is 1. The van der Waals surface area contributed by atoms with Gasteiger partial charge in [-0.15, -0.1) is 0 Å². The Kier molecular flexibility index (Phi) is 8.82. The van der Waals surface area contributed by atoms with Crippen LogP contribution in [0.2, 0.25) is 5.02 Å². The number of para-hydroxylation sites is 1. The van der Waals surface area contributed by atoms with Crippen molar-refractivity contribution in [2.24, 2.45) is 4.99 Å². The summed E-state index contributed by atoms with van der Waals surface area (Å²) in [6.07, 6.45) is 1.62. The molecule has 1 aromatic heterocycles. The van der Waals surface area contributed by atoms with Crippen LogP contribution >= 0.6 is 22.9 Å². The van der Waals surface area contributed by atoms with E-state index in [9.17, 15) is 9.59 Å². The normalized spacial score (nSPS) is 15.2. The van der Waals surface area contributed by atoms with Crippen molar-refractivity contribution in [3.05, 3.63) is 83.5 Å². The average Bonchev–Trinajstić information content (AvgIpc) is 3.17. The highest BCUT2D eigenvalue weighted by Gasteiger charge is 2.35. The molecule has 0 spiro atoms. The van der Waals surface area contributed by atoms with Crippen molar-refractivity contribution >= 4 is 35.0 Å². The number of carbonyl (C=O) groups excluding carboxylic acids is 1. The summed E-state index contributed by atoms with van der Waals surface area (Å²) in [5.74, 6) is 0.950. The molecule has 206 valence electrons. The van der Waals surface area contributed by atoms with E-state index in [4.69, 9.17) is 30.5 Å². The highest BCUT2D eigenvalue weighted by atomic mass is 35.5. The van der Waals surface area contributed by atoms with E-state index in [1.165, 1.54) is 23.0 Å². The molecule has 2 aromatic carbocycles. The van der Waals surface area contributed by atoms with Gasteiger partial charge in [0.05, 0.1) is 47.3 Å². The number of ether oxygens (including phenoxy) is 4. The van der Waals surface area contributed by atoms with Crippen molar-refractivity contribution in [1.82, 2.24) is 4.57 Å². The van der Waals surface area contributed by atoms with E-state index >= 15 is 0 Å². The number of esters is 1. The Morgan fingerprint density at radius 1 is 1.18 bits per heavy atom.